The van der Waals surface area contributed by atoms with Crippen LogP contribution in [0, 0.1) is 11.8 Å². The number of amides is 3. The third-order valence-electron chi connectivity index (χ3n) is 5.21. The molecule has 1 aromatic rings. The number of aliphatic hydroxyl groups is 1. The molecule has 1 aliphatic heterocycles. The van der Waals surface area contributed by atoms with E-state index in [1.54, 1.807) is 24.3 Å². The number of carbonyl (C=O) groups excluding carboxylic acids is 3. The van der Waals surface area contributed by atoms with Crippen LogP contribution in [0.2, 0.25) is 0 Å². The molecule has 0 radical (unpaired) electrons. The first-order chi connectivity index (χ1) is 15.5. The molecule has 0 saturated carbocycles. The van der Waals surface area contributed by atoms with E-state index in [2.05, 4.69) is 16.0 Å². The van der Waals surface area contributed by atoms with Crippen LogP contribution in [0.1, 0.15) is 38.7 Å². The highest BCUT2D eigenvalue weighted by Gasteiger charge is 2.37. The van der Waals surface area contributed by atoms with E-state index in [9.17, 15) is 32.5 Å². The maximum absolute atomic E-state index is 12.9. The van der Waals surface area contributed by atoms with Gasteiger partial charge in [0.1, 0.15) is 12.6 Å². The van der Waals surface area contributed by atoms with Crippen molar-refractivity contribution in [1.29, 1.82) is 0 Å². The van der Waals surface area contributed by atoms with Crippen molar-refractivity contribution in [3.8, 4) is 0 Å². The minimum absolute atomic E-state index is 0.0103. The summed E-state index contributed by atoms with van der Waals surface area (Å²) in [5, 5.41) is 17.5. The van der Waals surface area contributed by atoms with Gasteiger partial charge >= 0.3 is 6.09 Å². The van der Waals surface area contributed by atoms with Crippen molar-refractivity contribution >= 4 is 28.0 Å². The molecular formula is C21H31N3O8S. The smallest absolute Gasteiger partial charge is 0.408 e. The Bertz CT molecular complexity index is 923. The van der Waals surface area contributed by atoms with Crippen LogP contribution >= 0.6 is 0 Å². The van der Waals surface area contributed by atoms with Crippen molar-refractivity contribution in [3.05, 3.63) is 35.9 Å². The third kappa shape index (κ3) is 8.63. The van der Waals surface area contributed by atoms with E-state index in [0.29, 0.717) is 13.0 Å². The summed E-state index contributed by atoms with van der Waals surface area (Å²) in [6.45, 7) is 4.02. The standard InChI is InChI=1S/C21H31N3O8S/c1-13(2)10-16(24-21(28)32-12-14-6-4-3-5-7-14)19(26)23-17(20(27)33(29,30)31)11-15-8-9-22-18(15)25/h3-7,13,15-17,20,27H,8-12H2,1-2H3,(H,22,25)(H,23,26)(H,24,28)(H,29,30,31)/t15?,16-,17+,20?/m0/s1. The topological polar surface area (TPSA) is 171 Å². The number of benzene rings is 1. The molecule has 33 heavy (non-hydrogen) atoms. The van der Waals surface area contributed by atoms with Crippen LogP contribution in [-0.4, -0.2) is 60.0 Å². The van der Waals surface area contributed by atoms with E-state index in [1.807, 2.05) is 19.9 Å². The van der Waals surface area contributed by atoms with E-state index < -0.39 is 45.6 Å². The first-order valence-electron chi connectivity index (χ1n) is 10.7. The zero-order valence-electron chi connectivity index (χ0n) is 18.6. The van der Waals surface area contributed by atoms with Crippen molar-refractivity contribution in [2.24, 2.45) is 11.8 Å². The van der Waals surface area contributed by atoms with Crippen LogP contribution < -0.4 is 16.0 Å². The van der Waals surface area contributed by atoms with Gasteiger partial charge in [0.05, 0.1) is 6.04 Å². The summed E-state index contributed by atoms with van der Waals surface area (Å²) in [4.78, 5) is 37.1. The Morgan fingerprint density at radius 3 is 2.42 bits per heavy atom. The van der Waals surface area contributed by atoms with Gasteiger partial charge in [-0.3, -0.25) is 14.1 Å². The highest BCUT2D eigenvalue weighted by molar-refractivity contribution is 7.86. The Labute approximate surface area is 193 Å². The van der Waals surface area contributed by atoms with Gasteiger partial charge in [0.2, 0.25) is 17.3 Å². The Kier molecular flexibility index (Phi) is 9.62. The van der Waals surface area contributed by atoms with E-state index in [0.717, 1.165) is 5.56 Å². The molecule has 2 unspecified atom stereocenters. The monoisotopic (exact) mass is 485 g/mol. The second-order valence-corrected chi connectivity index (χ2v) is 9.93. The summed E-state index contributed by atoms with van der Waals surface area (Å²) in [6.07, 6.45) is -0.458. The molecule has 184 valence electrons. The lowest BCUT2D eigenvalue weighted by Gasteiger charge is -2.27. The van der Waals surface area contributed by atoms with Crippen molar-refractivity contribution in [1.82, 2.24) is 16.0 Å². The summed E-state index contributed by atoms with van der Waals surface area (Å²) in [5.74, 6) is -1.77. The van der Waals surface area contributed by atoms with Crippen LogP contribution in [0.4, 0.5) is 4.79 Å². The molecule has 0 aliphatic carbocycles. The maximum Gasteiger partial charge on any atom is 0.408 e. The molecule has 5 N–H and O–H groups in total. The van der Waals surface area contributed by atoms with Crippen molar-refractivity contribution in [2.75, 3.05) is 6.54 Å². The van der Waals surface area contributed by atoms with Gasteiger partial charge in [-0.25, -0.2) is 4.79 Å². The Morgan fingerprint density at radius 2 is 1.88 bits per heavy atom. The fourth-order valence-electron chi connectivity index (χ4n) is 3.52. The quantitative estimate of drug-likeness (QED) is 0.283. The fourth-order valence-corrected chi connectivity index (χ4v) is 4.12. The lowest BCUT2D eigenvalue weighted by atomic mass is 9.97. The van der Waals surface area contributed by atoms with E-state index >= 15 is 0 Å². The predicted octanol–water partition coefficient (Wildman–Crippen LogP) is 0.545. The van der Waals surface area contributed by atoms with Crippen molar-refractivity contribution < 1.29 is 37.2 Å². The van der Waals surface area contributed by atoms with E-state index in [1.165, 1.54) is 0 Å². The van der Waals surface area contributed by atoms with Gasteiger partial charge in [0, 0.05) is 12.5 Å². The number of aliphatic hydroxyl groups excluding tert-OH is 1. The number of hydrogen-bond donors (Lipinski definition) is 5. The van der Waals surface area contributed by atoms with Crippen LogP contribution in [0.5, 0.6) is 0 Å². The Morgan fingerprint density at radius 1 is 1.21 bits per heavy atom. The highest BCUT2D eigenvalue weighted by Crippen LogP contribution is 2.20. The largest absolute Gasteiger partial charge is 0.445 e. The minimum atomic E-state index is -4.92. The number of nitrogens with one attached hydrogen (secondary N) is 3. The van der Waals surface area contributed by atoms with Gasteiger partial charge < -0.3 is 25.8 Å². The fraction of sp³-hybridized carbons (Fsp3) is 0.571. The zero-order valence-corrected chi connectivity index (χ0v) is 19.4. The van der Waals surface area contributed by atoms with Gasteiger partial charge in [-0.05, 0) is 30.7 Å². The molecule has 1 aliphatic rings. The maximum atomic E-state index is 12.9. The summed E-state index contributed by atoms with van der Waals surface area (Å²) in [6, 6.07) is 6.38. The second kappa shape index (κ2) is 12.0. The van der Waals surface area contributed by atoms with E-state index in [-0.39, 0.29) is 31.3 Å². The van der Waals surface area contributed by atoms with Crippen LogP contribution in [0.25, 0.3) is 0 Å². The average molecular weight is 486 g/mol. The molecule has 1 fully saturated rings. The number of alkyl carbamates (subject to hydrolysis) is 1. The van der Waals surface area contributed by atoms with Gasteiger partial charge in [-0.2, -0.15) is 8.42 Å². The Hall–Kier alpha value is -2.70. The number of carbonyl (C=O) groups is 3. The molecule has 1 aromatic carbocycles. The highest BCUT2D eigenvalue weighted by atomic mass is 32.2. The third-order valence-corrected chi connectivity index (χ3v) is 6.15. The molecule has 12 heteroatoms. The number of hydrogen-bond acceptors (Lipinski definition) is 7. The lowest BCUT2D eigenvalue weighted by Crippen LogP contribution is -2.54. The van der Waals surface area contributed by atoms with Crippen LogP contribution in [0.15, 0.2) is 30.3 Å². The molecule has 0 spiro atoms. The molecule has 1 saturated heterocycles. The number of ether oxygens (including phenoxy) is 1. The molecule has 11 nitrogen and oxygen atoms in total. The minimum Gasteiger partial charge on any atom is -0.445 e. The zero-order chi connectivity index (χ0) is 24.6. The van der Waals surface area contributed by atoms with Gasteiger partial charge in [0.25, 0.3) is 10.1 Å². The summed E-state index contributed by atoms with van der Waals surface area (Å²) < 4.78 is 37.5. The first kappa shape index (κ1) is 26.6. The summed E-state index contributed by atoms with van der Waals surface area (Å²) in [7, 11) is -4.92. The van der Waals surface area contributed by atoms with Crippen molar-refractivity contribution in [3.63, 3.8) is 0 Å². The normalized spacial score (nSPS) is 18.8. The molecule has 1 heterocycles. The van der Waals surface area contributed by atoms with Gasteiger partial charge in [-0.15, -0.1) is 0 Å². The Balaban J connectivity index is 2.08. The SMILES string of the molecule is CC(C)C[C@H](NC(=O)OCc1ccccc1)C(=O)N[C@H](CC1CCNC1=O)C(O)S(=O)(=O)O. The number of rotatable bonds is 11. The van der Waals surface area contributed by atoms with Crippen LogP contribution in [-0.2, 0) is 31.1 Å². The average Bonchev–Trinajstić information content (AvgIpc) is 3.14. The molecule has 0 aromatic heterocycles. The molecule has 4 atom stereocenters. The molecule has 2 rings (SSSR count). The summed E-state index contributed by atoms with van der Waals surface area (Å²) >= 11 is 0. The molecule has 3 amide bonds. The first-order valence-corrected chi connectivity index (χ1v) is 12.2. The lowest BCUT2D eigenvalue weighted by molar-refractivity contribution is -0.126. The molecule has 0 bridgehead atoms. The van der Waals surface area contributed by atoms with Crippen LogP contribution in [0.3, 0.4) is 0 Å². The van der Waals surface area contributed by atoms with Gasteiger partial charge in [0.15, 0.2) is 0 Å². The van der Waals surface area contributed by atoms with Crippen molar-refractivity contribution in [2.45, 2.75) is 57.2 Å². The molecular weight excluding hydrogens is 454 g/mol. The van der Waals surface area contributed by atoms with Gasteiger partial charge in [-0.1, -0.05) is 44.2 Å². The second-order valence-electron chi connectivity index (χ2n) is 8.42. The van der Waals surface area contributed by atoms with E-state index in [4.69, 9.17) is 4.74 Å². The predicted molar refractivity (Wildman–Crippen MR) is 118 cm³/mol. The summed E-state index contributed by atoms with van der Waals surface area (Å²) in [5.41, 5.74) is -1.58.